The van der Waals surface area contributed by atoms with Gasteiger partial charge in [0.2, 0.25) is 0 Å². The van der Waals surface area contributed by atoms with Crippen molar-refractivity contribution in [2.24, 2.45) is 5.41 Å². The van der Waals surface area contributed by atoms with Gasteiger partial charge in [-0.3, -0.25) is 0 Å². The van der Waals surface area contributed by atoms with Crippen molar-refractivity contribution in [1.29, 1.82) is 0 Å². The van der Waals surface area contributed by atoms with Gasteiger partial charge in [0.1, 0.15) is 0 Å². The number of benzene rings is 1. The second-order valence-corrected chi connectivity index (χ2v) is 11.9. The number of halogens is 3. The molecule has 5 rings (SSSR count). The van der Waals surface area contributed by atoms with Gasteiger partial charge in [-0.05, 0) is 0 Å². The van der Waals surface area contributed by atoms with Crippen molar-refractivity contribution in [3.63, 3.8) is 0 Å². The van der Waals surface area contributed by atoms with E-state index in [1.54, 1.807) is 9.18 Å². The van der Waals surface area contributed by atoms with Crippen LogP contribution in [0, 0.1) is 11.2 Å². The molecule has 3 heterocycles. The van der Waals surface area contributed by atoms with Crippen LogP contribution in [0.2, 0.25) is 5.02 Å². The van der Waals surface area contributed by atoms with Crippen molar-refractivity contribution in [2.75, 3.05) is 27.3 Å². The van der Waals surface area contributed by atoms with Crippen LogP contribution in [0.4, 0.5) is 10.1 Å². The van der Waals surface area contributed by atoms with Gasteiger partial charge in [0.15, 0.2) is 0 Å². The quantitative estimate of drug-likeness (QED) is 0.171. The number of nitrogens with zero attached hydrogens (tertiary/aromatic N) is 2. The van der Waals surface area contributed by atoms with Crippen LogP contribution in [0.15, 0.2) is 29.6 Å². The molecular formula is C22H25ClFIN5O4-. The molecule has 2 saturated heterocycles. The second kappa shape index (κ2) is 9.15. The van der Waals surface area contributed by atoms with Crippen LogP contribution in [0.25, 0.3) is 0 Å². The van der Waals surface area contributed by atoms with E-state index in [9.17, 15) is 23.9 Å². The van der Waals surface area contributed by atoms with Crippen molar-refractivity contribution >= 4 is 35.0 Å². The SMILES string of the molecule is O=C(NC1CCC2(CC1)C[I-]N(c1ccc(F)cc1Cl)C2=O)C1=C(C(=O)N2CC(O)C2)NCN1. The molecule has 1 aliphatic carbocycles. The maximum atomic E-state index is 13.4. The number of aliphatic hydroxyl groups is 1. The minimum absolute atomic E-state index is 0.0487. The number of rotatable bonds is 4. The van der Waals surface area contributed by atoms with Gasteiger partial charge in [-0.25, -0.2) is 0 Å². The van der Waals surface area contributed by atoms with E-state index >= 15 is 0 Å². The maximum absolute atomic E-state index is 13.4. The van der Waals surface area contributed by atoms with Gasteiger partial charge in [0, 0.05) is 0 Å². The van der Waals surface area contributed by atoms with E-state index in [1.165, 1.54) is 17.0 Å². The van der Waals surface area contributed by atoms with Crippen molar-refractivity contribution in [3.8, 4) is 0 Å². The molecule has 1 aromatic carbocycles. The Morgan fingerprint density at radius 1 is 1.21 bits per heavy atom. The average Bonchev–Trinajstić information content (AvgIpc) is 3.39. The fourth-order valence-electron chi connectivity index (χ4n) is 4.78. The Kier molecular flexibility index (Phi) is 6.36. The summed E-state index contributed by atoms with van der Waals surface area (Å²) in [6, 6.07) is 4.02. The molecule has 1 spiro atoms. The van der Waals surface area contributed by atoms with Crippen LogP contribution in [0.1, 0.15) is 25.7 Å². The summed E-state index contributed by atoms with van der Waals surface area (Å²) < 4.78 is 16.0. The van der Waals surface area contributed by atoms with E-state index in [4.69, 9.17) is 11.6 Å². The molecule has 0 radical (unpaired) electrons. The molecule has 12 heteroatoms. The molecule has 4 aliphatic rings. The summed E-state index contributed by atoms with van der Waals surface area (Å²) in [5, 5.41) is 18.5. The number of nitrogens with one attached hydrogen (secondary N) is 3. The number of carbonyl (C=O) groups excluding carboxylic acids is 3. The van der Waals surface area contributed by atoms with Gasteiger partial charge in [-0.1, -0.05) is 0 Å². The van der Waals surface area contributed by atoms with E-state index < -0.39 is 38.8 Å². The first-order valence-electron chi connectivity index (χ1n) is 11.2. The molecule has 1 aromatic rings. The zero-order valence-corrected chi connectivity index (χ0v) is 21.2. The van der Waals surface area contributed by atoms with Crippen LogP contribution in [0.3, 0.4) is 0 Å². The first-order chi connectivity index (χ1) is 16.3. The van der Waals surface area contributed by atoms with Crippen molar-refractivity contribution in [1.82, 2.24) is 20.9 Å². The van der Waals surface area contributed by atoms with Crippen molar-refractivity contribution in [2.45, 2.75) is 37.8 Å². The third-order valence-electron chi connectivity index (χ3n) is 6.84. The summed E-state index contributed by atoms with van der Waals surface area (Å²) in [6.07, 6.45) is 2.13. The van der Waals surface area contributed by atoms with Crippen LogP contribution >= 0.6 is 11.6 Å². The van der Waals surface area contributed by atoms with Crippen molar-refractivity contribution in [3.05, 3.63) is 40.4 Å². The van der Waals surface area contributed by atoms with Gasteiger partial charge < -0.3 is 5.11 Å². The summed E-state index contributed by atoms with van der Waals surface area (Å²) in [4.78, 5) is 40.3. The monoisotopic (exact) mass is 604 g/mol. The first-order valence-corrected chi connectivity index (χ1v) is 14.0. The van der Waals surface area contributed by atoms with Crippen LogP contribution in [0.5, 0.6) is 0 Å². The summed E-state index contributed by atoms with van der Waals surface area (Å²) >= 11 is 5.60. The third-order valence-corrected chi connectivity index (χ3v) is 10.6. The molecule has 3 fully saturated rings. The fourth-order valence-corrected chi connectivity index (χ4v) is 8.87. The molecule has 3 amide bonds. The van der Waals surface area contributed by atoms with E-state index in [0.717, 1.165) is 4.43 Å². The molecular weight excluding hydrogens is 580 g/mol. The Balaban J connectivity index is 1.20. The van der Waals surface area contributed by atoms with Gasteiger partial charge in [-0.2, -0.15) is 0 Å². The standard InChI is InChI=1S/C22H25ClFIN5O4/c23-15-7-12(24)1-2-16(15)30-21(34)22(10-25-30)5-3-13(4-6-22)28-19(32)17-18(27-11-26-17)20(33)29-8-14(31)9-29/h1-2,7,13-14,26-27,31H,3-6,8-11H2,(H,28,32)/q-1. The molecule has 4 N–H and O–H groups in total. The summed E-state index contributed by atoms with van der Waals surface area (Å²) in [6.45, 7) is 0.814. The number of amides is 3. The third kappa shape index (κ3) is 4.22. The normalized spacial score (nSPS) is 27.3. The van der Waals surface area contributed by atoms with E-state index in [1.807, 2.05) is 0 Å². The molecule has 34 heavy (non-hydrogen) atoms. The summed E-state index contributed by atoms with van der Waals surface area (Å²) in [7, 11) is 0. The first kappa shape index (κ1) is 23.6. The molecule has 0 aromatic heterocycles. The number of hydrogen-bond acceptors (Lipinski definition) is 6. The second-order valence-electron chi connectivity index (χ2n) is 9.11. The van der Waals surface area contributed by atoms with Crippen LogP contribution in [-0.2, 0) is 14.4 Å². The number of alkyl halides is 1. The summed E-state index contributed by atoms with van der Waals surface area (Å²) in [5.74, 6) is -1.03. The molecule has 0 unspecified atom stereocenters. The van der Waals surface area contributed by atoms with Crippen molar-refractivity contribution < 1.29 is 45.4 Å². The Bertz CT molecular complexity index is 1070. The number of hydrogen-bond donors (Lipinski definition) is 4. The van der Waals surface area contributed by atoms with Crippen LogP contribution < -0.4 is 40.5 Å². The zero-order chi connectivity index (χ0) is 24.0. The topological polar surface area (TPSA) is 114 Å². The number of likely N-dealkylation sites (tertiary alicyclic amines) is 1. The van der Waals surface area contributed by atoms with E-state index in [2.05, 4.69) is 16.0 Å². The molecule has 184 valence electrons. The molecule has 1 saturated carbocycles. The van der Waals surface area contributed by atoms with Gasteiger partial charge in [-0.15, -0.1) is 0 Å². The van der Waals surface area contributed by atoms with Gasteiger partial charge in [0.05, 0.1) is 6.10 Å². The predicted octanol–water partition coefficient (Wildman–Crippen LogP) is -2.56. The molecule has 0 bridgehead atoms. The molecule has 0 atom stereocenters. The number of aliphatic hydroxyl groups excluding tert-OH is 1. The van der Waals surface area contributed by atoms with Gasteiger partial charge in [0.25, 0.3) is 0 Å². The zero-order valence-electron chi connectivity index (χ0n) is 18.2. The van der Waals surface area contributed by atoms with E-state index in [-0.39, 0.29) is 59.9 Å². The van der Waals surface area contributed by atoms with Gasteiger partial charge >= 0.3 is 201 Å². The molecule has 3 aliphatic heterocycles. The van der Waals surface area contributed by atoms with E-state index in [0.29, 0.717) is 31.4 Å². The predicted molar refractivity (Wildman–Crippen MR) is 117 cm³/mol. The Hall–Kier alpha value is -2.12. The number of anilines is 1. The number of carbonyl (C=O) groups is 3. The Morgan fingerprint density at radius 3 is 2.59 bits per heavy atom. The molecule has 9 nitrogen and oxygen atoms in total. The fraction of sp³-hybridized carbons (Fsp3) is 0.500. The number of β-amino-alcohol motifs (C(OH)–C–C–N with tert-alkyl or cyclic N) is 1. The minimum atomic E-state index is -0.599. The average molecular weight is 605 g/mol. The Morgan fingerprint density at radius 2 is 1.91 bits per heavy atom. The summed E-state index contributed by atoms with van der Waals surface area (Å²) in [5.41, 5.74) is 0.565. The van der Waals surface area contributed by atoms with Crippen LogP contribution in [-0.4, -0.2) is 64.1 Å². The Labute approximate surface area is 211 Å².